The Bertz CT molecular complexity index is 457. The van der Waals surface area contributed by atoms with Gasteiger partial charge in [0.05, 0.1) is 4.90 Å². The number of thioether (sulfide) groups is 1. The van der Waals surface area contributed by atoms with Crippen molar-refractivity contribution < 1.29 is 8.42 Å². The molecule has 0 aliphatic rings. The van der Waals surface area contributed by atoms with Crippen LogP contribution in [0.15, 0.2) is 16.3 Å². The van der Waals surface area contributed by atoms with E-state index in [0.717, 1.165) is 22.8 Å². The van der Waals surface area contributed by atoms with Crippen LogP contribution in [0, 0.1) is 0 Å². The lowest BCUT2D eigenvalue weighted by molar-refractivity contribution is 0.557. The Morgan fingerprint density at radius 2 is 2.28 bits per heavy atom. The van der Waals surface area contributed by atoms with Crippen LogP contribution < -0.4 is 10.5 Å². The van der Waals surface area contributed by atoms with E-state index in [1.807, 2.05) is 18.7 Å². The minimum atomic E-state index is -3.39. The van der Waals surface area contributed by atoms with Crippen molar-refractivity contribution in [3.05, 3.63) is 16.3 Å². The van der Waals surface area contributed by atoms with Crippen molar-refractivity contribution in [2.75, 3.05) is 11.5 Å². The average Bonchev–Trinajstić information content (AvgIpc) is 2.78. The highest BCUT2D eigenvalue weighted by molar-refractivity contribution is 7.99. The molecule has 1 atom stereocenters. The van der Waals surface area contributed by atoms with Crippen molar-refractivity contribution in [3.63, 3.8) is 0 Å². The second-order valence-electron chi connectivity index (χ2n) is 3.96. The van der Waals surface area contributed by atoms with Gasteiger partial charge in [-0.15, -0.1) is 11.3 Å². The molecule has 1 aromatic heterocycles. The third kappa shape index (κ3) is 4.89. The second-order valence-corrected chi connectivity index (χ2v) is 8.06. The van der Waals surface area contributed by atoms with Crippen LogP contribution in [0.1, 0.15) is 25.1 Å². The topological polar surface area (TPSA) is 72.2 Å². The average molecular weight is 308 g/mol. The summed E-state index contributed by atoms with van der Waals surface area (Å²) in [5.74, 6) is 2.03. The molecule has 7 heteroatoms. The largest absolute Gasteiger partial charge is 0.326 e. The van der Waals surface area contributed by atoms with Gasteiger partial charge in [0.25, 0.3) is 0 Å². The molecule has 0 saturated heterocycles. The monoisotopic (exact) mass is 308 g/mol. The molecule has 0 saturated carbocycles. The molecule has 0 aliphatic carbocycles. The first-order valence-corrected chi connectivity index (χ1v) is 9.39. The molecular formula is C11H20N2O2S3. The summed E-state index contributed by atoms with van der Waals surface area (Å²) in [4.78, 5) is 1.20. The van der Waals surface area contributed by atoms with Gasteiger partial charge in [0.1, 0.15) is 0 Å². The maximum atomic E-state index is 12.1. The fourth-order valence-electron chi connectivity index (χ4n) is 1.40. The summed E-state index contributed by atoms with van der Waals surface area (Å²) >= 11 is 3.19. The van der Waals surface area contributed by atoms with Crippen molar-refractivity contribution in [2.24, 2.45) is 5.73 Å². The van der Waals surface area contributed by atoms with Crippen LogP contribution in [0.25, 0.3) is 0 Å². The van der Waals surface area contributed by atoms with E-state index in [0.29, 0.717) is 11.4 Å². The van der Waals surface area contributed by atoms with Crippen LogP contribution in [0.2, 0.25) is 0 Å². The van der Waals surface area contributed by atoms with Gasteiger partial charge < -0.3 is 5.73 Å². The summed E-state index contributed by atoms with van der Waals surface area (Å²) in [6, 6.07) is 1.59. The molecule has 104 valence electrons. The van der Waals surface area contributed by atoms with Crippen LogP contribution in [0.3, 0.4) is 0 Å². The number of sulfonamides is 1. The van der Waals surface area contributed by atoms with E-state index >= 15 is 0 Å². The summed E-state index contributed by atoms with van der Waals surface area (Å²) in [5, 5.41) is 1.64. The molecule has 0 bridgehead atoms. The Balaban J connectivity index is 2.58. The summed E-state index contributed by atoms with van der Waals surface area (Å²) in [6.07, 6.45) is 0.839. The van der Waals surface area contributed by atoms with Gasteiger partial charge in [0.2, 0.25) is 10.0 Å². The Morgan fingerprint density at radius 1 is 1.56 bits per heavy atom. The minimum Gasteiger partial charge on any atom is -0.326 e. The summed E-state index contributed by atoms with van der Waals surface area (Å²) < 4.78 is 26.8. The number of thiophene rings is 1. The molecule has 1 rings (SSSR count). The zero-order valence-corrected chi connectivity index (χ0v) is 13.1. The van der Waals surface area contributed by atoms with Gasteiger partial charge in [0.15, 0.2) is 0 Å². The zero-order chi connectivity index (χ0) is 13.6. The van der Waals surface area contributed by atoms with E-state index in [-0.39, 0.29) is 6.04 Å². The van der Waals surface area contributed by atoms with Crippen LogP contribution in [-0.4, -0.2) is 26.0 Å². The Morgan fingerprint density at radius 3 is 2.83 bits per heavy atom. The molecule has 0 radical (unpaired) electrons. The number of nitrogens with two attached hydrogens (primary N) is 1. The molecule has 1 heterocycles. The van der Waals surface area contributed by atoms with Crippen LogP contribution in [0.4, 0.5) is 0 Å². The van der Waals surface area contributed by atoms with Crippen molar-refractivity contribution >= 4 is 33.1 Å². The highest BCUT2D eigenvalue weighted by Gasteiger charge is 2.18. The minimum absolute atomic E-state index is 0.0460. The summed E-state index contributed by atoms with van der Waals surface area (Å²) in [6.45, 7) is 4.37. The lowest BCUT2D eigenvalue weighted by Gasteiger charge is -2.12. The second kappa shape index (κ2) is 7.49. The predicted octanol–water partition coefficient (Wildman–Crippen LogP) is 2.02. The fraction of sp³-hybridized carbons (Fsp3) is 0.636. The van der Waals surface area contributed by atoms with Crippen molar-refractivity contribution in [1.29, 1.82) is 0 Å². The maximum Gasteiger partial charge on any atom is 0.241 e. The first-order valence-electron chi connectivity index (χ1n) is 5.87. The van der Waals surface area contributed by atoms with E-state index in [2.05, 4.69) is 11.6 Å². The smallest absolute Gasteiger partial charge is 0.241 e. The summed E-state index contributed by atoms with van der Waals surface area (Å²) in [7, 11) is -3.39. The van der Waals surface area contributed by atoms with Crippen molar-refractivity contribution in [2.45, 2.75) is 37.8 Å². The van der Waals surface area contributed by atoms with Crippen LogP contribution in [-0.2, 0) is 16.6 Å². The van der Waals surface area contributed by atoms with E-state index in [1.54, 1.807) is 11.4 Å². The van der Waals surface area contributed by atoms with Crippen LogP contribution in [0.5, 0.6) is 0 Å². The van der Waals surface area contributed by atoms with Crippen molar-refractivity contribution in [3.8, 4) is 0 Å². The molecule has 18 heavy (non-hydrogen) atoms. The molecule has 0 aliphatic heterocycles. The summed E-state index contributed by atoms with van der Waals surface area (Å²) in [5.41, 5.74) is 5.48. The first kappa shape index (κ1) is 16.0. The van der Waals surface area contributed by atoms with Gasteiger partial charge in [-0.05, 0) is 30.9 Å². The molecular weight excluding hydrogens is 288 g/mol. The highest BCUT2D eigenvalue weighted by atomic mass is 32.2. The number of hydrogen-bond donors (Lipinski definition) is 2. The van der Waals surface area contributed by atoms with E-state index in [4.69, 9.17) is 5.73 Å². The van der Waals surface area contributed by atoms with Crippen molar-refractivity contribution in [1.82, 2.24) is 4.72 Å². The van der Waals surface area contributed by atoms with Gasteiger partial charge in [-0.2, -0.15) is 11.8 Å². The Labute approximate surface area is 117 Å². The predicted molar refractivity (Wildman–Crippen MR) is 79.6 cm³/mol. The van der Waals surface area contributed by atoms with Gasteiger partial charge in [0, 0.05) is 22.8 Å². The molecule has 0 spiro atoms. The van der Waals surface area contributed by atoms with Gasteiger partial charge in [-0.3, -0.25) is 0 Å². The zero-order valence-electron chi connectivity index (χ0n) is 10.7. The molecule has 0 amide bonds. The van der Waals surface area contributed by atoms with E-state index < -0.39 is 10.0 Å². The molecule has 0 aromatic carbocycles. The maximum absolute atomic E-state index is 12.1. The van der Waals surface area contributed by atoms with Crippen LogP contribution >= 0.6 is 23.1 Å². The molecule has 4 nitrogen and oxygen atoms in total. The lowest BCUT2D eigenvalue weighted by Crippen LogP contribution is -2.32. The van der Waals surface area contributed by atoms with E-state index in [1.165, 1.54) is 11.3 Å². The van der Waals surface area contributed by atoms with Gasteiger partial charge >= 0.3 is 0 Å². The third-order valence-corrected chi connectivity index (χ3v) is 6.01. The highest BCUT2D eigenvalue weighted by Crippen LogP contribution is 2.19. The number of nitrogens with one attached hydrogen (secondary N) is 1. The fourth-order valence-corrected chi connectivity index (χ4v) is 4.65. The third-order valence-electron chi connectivity index (χ3n) is 2.40. The first-order chi connectivity index (χ1) is 8.49. The van der Waals surface area contributed by atoms with E-state index in [9.17, 15) is 8.42 Å². The van der Waals surface area contributed by atoms with Gasteiger partial charge in [-0.1, -0.05) is 6.92 Å². The lowest BCUT2D eigenvalue weighted by atomic mass is 10.3. The number of hydrogen-bond acceptors (Lipinski definition) is 5. The number of rotatable bonds is 8. The van der Waals surface area contributed by atoms with Gasteiger partial charge in [-0.25, -0.2) is 13.1 Å². The Kier molecular flexibility index (Phi) is 6.65. The standard InChI is InChI=1S/C11H20N2O2S3/c1-3-16-5-4-9(2)13-18(14,15)11-6-10(7-12)17-8-11/h6,8-9,13H,3-5,7,12H2,1-2H3. The molecule has 1 unspecified atom stereocenters. The SMILES string of the molecule is CCSCCC(C)NS(=O)(=O)c1csc(CN)c1. The molecule has 0 fully saturated rings. The Hall–Kier alpha value is -0.0800. The normalized spacial score (nSPS) is 13.7. The molecule has 3 N–H and O–H groups in total. The molecule has 1 aromatic rings. The quantitative estimate of drug-likeness (QED) is 0.721.